The minimum Gasteiger partial charge on any atom is -0.312 e. The van der Waals surface area contributed by atoms with E-state index in [0.29, 0.717) is 27.1 Å². The third-order valence-electron chi connectivity index (χ3n) is 4.05. The number of hydrogen-bond donors (Lipinski definition) is 1. The van der Waals surface area contributed by atoms with Crippen molar-refractivity contribution in [1.82, 2.24) is 0 Å². The van der Waals surface area contributed by atoms with Crippen LogP contribution in [0.5, 0.6) is 0 Å². The maximum atomic E-state index is 12.5. The van der Waals surface area contributed by atoms with Gasteiger partial charge in [-0.15, -0.1) is 11.3 Å². The number of carbonyl (C=O) groups is 1. The van der Waals surface area contributed by atoms with E-state index < -0.39 is 0 Å². The molecule has 0 spiro atoms. The van der Waals surface area contributed by atoms with Crippen molar-refractivity contribution in [3.8, 4) is 6.07 Å². The Hall–Kier alpha value is -1.54. The highest BCUT2D eigenvalue weighted by molar-refractivity contribution is 7.16. The molecule has 1 heterocycles. The number of hydrogen-bond acceptors (Lipinski definition) is 3. The topological polar surface area (TPSA) is 52.9 Å². The Labute approximate surface area is 148 Å². The molecule has 3 nitrogen and oxygen atoms in total. The number of rotatable bonds is 2. The summed E-state index contributed by atoms with van der Waals surface area (Å²) < 4.78 is 0. The van der Waals surface area contributed by atoms with Crippen LogP contribution >= 0.6 is 34.5 Å². The van der Waals surface area contributed by atoms with Crippen molar-refractivity contribution in [1.29, 1.82) is 5.26 Å². The molecule has 23 heavy (non-hydrogen) atoms. The monoisotopic (exact) mass is 364 g/mol. The number of anilines is 1. The maximum Gasteiger partial charge on any atom is 0.257 e. The van der Waals surface area contributed by atoms with Crippen molar-refractivity contribution in [3.05, 3.63) is 49.8 Å². The molecule has 0 saturated carbocycles. The lowest BCUT2D eigenvalue weighted by Gasteiger charge is -2.17. The number of nitriles is 1. The Morgan fingerprint density at radius 2 is 2.22 bits per heavy atom. The summed E-state index contributed by atoms with van der Waals surface area (Å²) in [5.74, 6) is 0.263. The lowest BCUT2D eigenvalue weighted by molar-refractivity contribution is 0.102. The van der Waals surface area contributed by atoms with Gasteiger partial charge in [-0.1, -0.05) is 36.2 Å². The lowest BCUT2D eigenvalue weighted by atomic mass is 9.88. The number of nitrogens with zero attached hydrogens (tertiary/aromatic N) is 1. The van der Waals surface area contributed by atoms with E-state index in [0.717, 1.165) is 24.8 Å². The first-order valence-corrected chi connectivity index (χ1v) is 8.88. The van der Waals surface area contributed by atoms with Crippen molar-refractivity contribution in [2.45, 2.75) is 26.2 Å². The molecule has 1 aliphatic rings. The molecule has 1 unspecified atom stereocenters. The summed E-state index contributed by atoms with van der Waals surface area (Å²) in [4.78, 5) is 13.7. The third kappa shape index (κ3) is 3.10. The molecular weight excluding hydrogens is 351 g/mol. The molecule has 1 aromatic heterocycles. The molecule has 1 amide bonds. The Kier molecular flexibility index (Phi) is 4.63. The van der Waals surface area contributed by atoms with E-state index in [-0.39, 0.29) is 10.9 Å². The summed E-state index contributed by atoms with van der Waals surface area (Å²) in [7, 11) is 0. The van der Waals surface area contributed by atoms with Crippen LogP contribution in [-0.4, -0.2) is 5.91 Å². The summed E-state index contributed by atoms with van der Waals surface area (Å²) in [6.07, 6.45) is 2.93. The van der Waals surface area contributed by atoms with E-state index in [9.17, 15) is 10.1 Å². The van der Waals surface area contributed by atoms with Gasteiger partial charge in [0.2, 0.25) is 0 Å². The van der Waals surface area contributed by atoms with Gasteiger partial charge in [-0.2, -0.15) is 5.26 Å². The second-order valence-corrected chi connectivity index (χ2v) is 7.61. The van der Waals surface area contributed by atoms with Gasteiger partial charge in [-0.05, 0) is 42.9 Å². The van der Waals surface area contributed by atoms with Crippen molar-refractivity contribution in [2.75, 3.05) is 5.32 Å². The maximum absolute atomic E-state index is 12.5. The van der Waals surface area contributed by atoms with Crippen LogP contribution in [0.1, 0.15) is 39.7 Å². The van der Waals surface area contributed by atoms with Gasteiger partial charge in [0, 0.05) is 4.88 Å². The molecule has 3 rings (SSSR count). The molecule has 0 radical (unpaired) electrons. The number of benzene rings is 1. The average molecular weight is 365 g/mol. The van der Waals surface area contributed by atoms with Gasteiger partial charge in [0.1, 0.15) is 11.1 Å². The Balaban J connectivity index is 1.93. The molecule has 1 atom stereocenters. The number of thiophene rings is 1. The minimum absolute atomic E-state index is 0.222. The van der Waals surface area contributed by atoms with E-state index >= 15 is 0 Å². The Bertz CT molecular complexity index is 823. The van der Waals surface area contributed by atoms with E-state index in [4.69, 9.17) is 23.2 Å². The molecule has 1 aliphatic carbocycles. The number of fused-ring (bicyclic) bond motifs is 1. The zero-order valence-corrected chi connectivity index (χ0v) is 14.8. The summed E-state index contributed by atoms with van der Waals surface area (Å²) >= 11 is 13.5. The largest absolute Gasteiger partial charge is 0.312 e. The molecule has 0 aliphatic heterocycles. The highest BCUT2D eigenvalue weighted by Gasteiger charge is 2.25. The van der Waals surface area contributed by atoms with Gasteiger partial charge in [0.15, 0.2) is 0 Å². The van der Waals surface area contributed by atoms with Crippen LogP contribution in [0.25, 0.3) is 0 Å². The number of nitrogens with one attached hydrogen (secondary N) is 1. The van der Waals surface area contributed by atoms with E-state index in [2.05, 4.69) is 18.3 Å². The van der Waals surface area contributed by atoms with Gasteiger partial charge >= 0.3 is 0 Å². The number of halogens is 2. The van der Waals surface area contributed by atoms with Gasteiger partial charge in [-0.25, -0.2) is 0 Å². The Morgan fingerprint density at radius 3 is 2.96 bits per heavy atom. The molecule has 0 bridgehead atoms. The molecule has 0 fully saturated rings. The number of carbonyl (C=O) groups excluding carboxylic acids is 1. The smallest absolute Gasteiger partial charge is 0.257 e. The van der Waals surface area contributed by atoms with Crippen molar-refractivity contribution < 1.29 is 4.79 Å². The predicted octanol–water partition coefficient (Wildman–Crippen LogP) is 5.30. The van der Waals surface area contributed by atoms with E-state index in [1.165, 1.54) is 16.2 Å². The summed E-state index contributed by atoms with van der Waals surface area (Å²) in [5.41, 5.74) is 1.98. The fraction of sp³-hybridized carbons (Fsp3) is 0.294. The first kappa shape index (κ1) is 16.3. The van der Waals surface area contributed by atoms with Crippen LogP contribution in [0.3, 0.4) is 0 Å². The highest BCUT2D eigenvalue weighted by atomic mass is 35.5. The lowest BCUT2D eigenvalue weighted by Crippen LogP contribution is -2.12. The van der Waals surface area contributed by atoms with E-state index in [1.54, 1.807) is 18.2 Å². The van der Waals surface area contributed by atoms with Crippen LogP contribution in [0.15, 0.2) is 18.2 Å². The predicted molar refractivity (Wildman–Crippen MR) is 94.6 cm³/mol. The zero-order valence-electron chi connectivity index (χ0n) is 12.5. The summed E-state index contributed by atoms with van der Waals surface area (Å²) in [6, 6.07) is 7.16. The first-order chi connectivity index (χ1) is 11.0. The van der Waals surface area contributed by atoms with Crippen molar-refractivity contribution in [2.24, 2.45) is 5.92 Å². The van der Waals surface area contributed by atoms with Crippen molar-refractivity contribution in [3.63, 3.8) is 0 Å². The molecule has 0 saturated heterocycles. The molecule has 118 valence electrons. The van der Waals surface area contributed by atoms with Gasteiger partial charge in [0.05, 0.1) is 21.2 Å². The normalized spacial score (nSPS) is 16.5. The second kappa shape index (κ2) is 6.52. The van der Waals surface area contributed by atoms with Crippen LogP contribution in [-0.2, 0) is 12.8 Å². The van der Waals surface area contributed by atoms with E-state index in [1.807, 2.05) is 0 Å². The van der Waals surface area contributed by atoms with Crippen molar-refractivity contribution >= 4 is 45.4 Å². The highest BCUT2D eigenvalue weighted by Crippen LogP contribution is 2.39. The number of amides is 1. The third-order valence-corrected chi connectivity index (χ3v) is 6.04. The molecular formula is C17H14Cl2N2OS. The summed E-state index contributed by atoms with van der Waals surface area (Å²) in [6.45, 7) is 2.21. The Morgan fingerprint density at radius 1 is 1.43 bits per heavy atom. The minimum atomic E-state index is -0.347. The van der Waals surface area contributed by atoms with Crippen LogP contribution < -0.4 is 5.32 Å². The second-order valence-electron chi connectivity index (χ2n) is 5.72. The van der Waals surface area contributed by atoms with Gasteiger partial charge in [-0.3, -0.25) is 4.79 Å². The summed E-state index contributed by atoms with van der Waals surface area (Å²) in [5, 5.41) is 13.5. The molecule has 1 aromatic carbocycles. The average Bonchev–Trinajstić information content (AvgIpc) is 2.85. The molecule has 2 aromatic rings. The van der Waals surface area contributed by atoms with Gasteiger partial charge < -0.3 is 5.32 Å². The molecule has 6 heteroatoms. The van der Waals surface area contributed by atoms with Crippen LogP contribution in [0.4, 0.5) is 5.00 Å². The van der Waals surface area contributed by atoms with Gasteiger partial charge in [0.25, 0.3) is 5.91 Å². The van der Waals surface area contributed by atoms with Crippen LogP contribution in [0.2, 0.25) is 10.0 Å². The molecule has 1 N–H and O–H groups in total. The quantitative estimate of drug-likeness (QED) is 0.785. The van der Waals surface area contributed by atoms with Crippen LogP contribution in [0, 0.1) is 17.2 Å². The fourth-order valence-electron chi connectivity index (χ4n) is 2.81. The fourth-order valence-corrected chi connectivity index (χ4v) is 4.55. The first-order valence-electron chi connectivity index (χ1n) is 7.31. The SMILES string of the molecule is CC1CCc2c(sc(NC(=O)c3cccc(Cl)c3Cl)c2C#N)C1. The standard InChI is InChI=1S/C17H14Cl2N2OS/c1-9-5-6-10-12(8-20)17(23-14(10)7-9)21-16(22)11-3-2-4-13(18)15(11)19/h2-4,9H,5-7H2,1H3,(H,21,22). The zero-order chi connectivity index (χ0) is 16.6.